The summed E-state index contributed by atoms with van der Waals surface area (Å²) in [7, 11) is 0. The molecule has 3 unspecified atom stereocenters. The molecule has 2 rings (SSSR count). The van der Waals surface area contributed by atoms with Gasteiger partial charge in [-0.2, -0.15) is 13.2 Å². The lowest BCUT2D eigenvalue weighted by Crippen LogP contribution is -2.41. The molecule has 1 saturated carbocycles. The van der Waals surface area contributed by atoms with E-state index in [2.05, 4.69) is 10.3 Å². The number of halogens is 3. The molecule has 2 nitrogen and oxygen atoms in total. The summed E-state index contributed by atoms with van der Waals surface area (Å²) in [5.41, 5.74) is 1.91. The van der Waals surface area contributed by atoms with Gasteiger partial charge in [-0.15, -0.1) is 0 Å². The van der Waals surface area contributed by atoms with Gasteiger partial charge in [0.1, 0.15) is 0 Å². The van der Waals surface area contributed by atoms with Crippen LogP contribution in [0.25, 0.3) is 0 Å². The van der Waals surface area contributed by atoms with E-state index in [1.54, 1.807) is 12.4 Å². The Morgan fingerprint density at radius 2 is 2.05 bits per heavy atom. The van der Waals surface area contributed by atoms with E-state index in [-0.39, 0.29) is 12.5 Å². The monoisotopic (exact) mass is 300 g/mol. The summed E-state index contributed by atoms with van der Waals surface area (Å²) >= 11 is 0. The highest BCUT2D eigenvalue weighted by Crippen LogP contribution is 2.46. The van der Waals surface area contributed by atoms with Crippen LogP contribution < -0.4 is 5.32 Å². The molecule has 0 bridgehead atoms. The number of nitrogens with zero attached hydrogens (tertiary/aromatic N) is 1. The molecule has 1 fully saturated rings. The minimum atomic E-state index is -4.12. The van der Waals surface area contributed by atoms with E-state index >= 15 is 0 Å². The predicted molar refractivity (Wildman–Crippen MR) is 76.9 cm³/mol. The van der Waals surface area contributed by atoms with E-state index in [0.29, 0.717) is 19.4 Å². The molecular formula is C16H23F3N2. The molecule has 21 heavy (non-hydrogen) atoms. The summed E-state index contributed by atoms with van der Waals surface area (Å²) in [5, 5.41) is 3.27. The highest BCUT2D eigenvalue weighted by molar-refractivity contribution is 5.26. The molecule has 5 heteroatoms. The standard InChI is InChI=1S/C16H23F3N2/c1-3-21-15(13-10-20-9-8-11(13)2)12-6-4-5-7-14(12)16(17,18)19/h8-10,12,14-15,21H,3-7H2,1-2H3. The molecule has 0 radical (unpaired) electrons. The van der Waals surface area contributed by atoms with Gasteiger partial charge in [0.15, 0.2) is 0 Å². The number of aryl methyl sites for hydroxylation is 1. The molecular weight excluding hydrogens is 277 g/mol. The first-order valence-corrected chi connectivity index (χ1v) is 7.65. The molecule has 118 valence electrons. The van der Waals surface area contributed by atoms with Crippen LogP contribution in [0.5, 0.6) is 0 Å². The van der Waals surface area contributed by atoms with E-state index in [0.717, 1.165) is 17.5 Å². The highest BCUT2D eigenvalue weighted by Gasteiger charge is 2.48. The maximum absolute atomic E-state index is 13.4. The third-order valence-corrected chi connectivity index (χ3v) is 4.51. The van der Waals surface area contributed by atoms with Gasteiger partial charge in [-0.3, -0.25) is 4.98 Å². The van der Waals surface area contributed by atoms with Crippen molar-refractivity contribution >= 4 is 0 Å². The van der Waals surface area contributed by atoms with Crippen molar-refractivity contribution in [3.8, 4) is 0 Å². The van der Waals surface area contributed by atoms with Crippen molar-refractivity contribution in [2.45, 2.75) is 51.7 Å². The van der Waals surface area contributed by atoms with E-state index in [4.69, 9.17) is 0 Å². The largest absolute Gasteiger partial charge is 0.392 e. The lowest BCUT2D eigenvalue weighted by Gasteiger charge is -2.39. The molecule has 0 amide bonds. The molecule has 3 atom stereocenters. The fourth-order valence-electron chi connectivity index (χ4n) is 3.48. The SMILES string of the molecule is CCNC(c1cnccc1C)C1CCCCC1C(F)(F)F. The molecule has 1 N–H and O–H groups in total. The minimum Gasteiger partial charge on any atom is -0.310 e. The van der Waals surface area contributed by atoms with Gasteiger partial charge in [0.2, 0.25) is 0 Å². The first-order valence-electron chi connectivity index (χ1n) is 7.65. The van der Waals surface area contributed by atoms with Crippen LogP contribution in [0.15, 0.2) is 18.5 Å². The van der Waals surface area contributed by atoms with Gasteiger partial charge in [-0.25, -0.2) is 0 Å². The van der Waals surface area contributed by atoms with Crippen LogP contribution in [-0.4, -0.2) is 17.7 Å². The van der Waals surface area contributed by atoms with Crippen LogP contribution in [0.3, 0.4) is 0 Å². The molecule has 1 aromatic heterocycles. The van der Waals surface area contributed by atoms with Crippen molar-refractivity contribution in [3.63, 3.8) is 0 Å². The Morgan fingerprint density at radius 1 is 1.33 bits per heavy atom. The van der Waals surface area contributed by atoms with Crippen molar-refractivity contribution < 1.29 is 13.2 Å². The van der Waals surface area contributed by atoms with Crippen molar-refractivity contribution in [1.82, 2.24) is 10.3 Å². The Morgan fingerprint density at radius 3 is 2.67 bits per heavy atom. The molecule has 1 heterocycles. The fourth-order valence-corrected chi connectivity index (χ4v) is 3.48. The highest BCUT2D eigenvalue weighted by atomic mass is 19.4. The second kappa shape index (κ2) is 6.77. The zero-order valence-electron chi connectivity index (χ0n) is 12.6. The maximum atomic E-state index is 13.4. The molecule has 1 aliphatic carbocycles. The van der Waals surface area contributed by atoms with Crippen molar-refractivity contribution in [2.24, 2.45) is 11.8 Å². The molecule has 0 aromatic carbocycles. The van der Waals surface area contributed by atoms with E-state index in [9.17, 15) is 13.2 Å². The summed E-state index contributed by atoms with van der Waals surface area (Å²) in [6.45, 7) is 4.52. The third-order valence-electron chi connectivity index (χ3n) is 4.51. The summed E-state index contributed by atoms with van der Waals surface area (Å²) in [6.07, 6.45) is 1.69. The van der Waals surface area contributed by atoms with E-state index in [1.807, 2.05) is 19.9 Å². The Labute approximate surface area is 124 Å². The van der Waals surface area contributed by atoms with Gasteiger partial charge in [0.25, 0.3) is 0 Å². The Kier molecular flexibility index (Phi) is 5.25. The Hall–Kier alpha value is -1.10. The molecule has 0 spiro atoms. The molecule has 0 saturated heterocycles. The average molecular weight is 300 g/mol. The number of aromatic nitrogens is 1. The van der Waals surface area contributed by atoms with Crippen LogP contribution in [0.1, 0.15) is 49.8 Å². The van der Waals surface area contributed by atoms with Crippen molar-refractivity contribution in [3.05, 3.63) is 29.6 Å². The number of nitrogens with one attached hydrogen (secondary N) is 1. The van der Waals surface area contributed by atoms with Crippen molar-refractivity contribution in [1.29, 1.82) is 0 Å². The number of alkyl halides is 3. The van der Waals surface area contributed by atoms with E-state index < -0.39 is 18.0 Å². The predicted octanol–water partition coefficient (Wildman–Crippen LogP) is 4.41. The summed E-state index contributed by atoms with van der Waals surface area (Å²) in [5.74, 6) is -1.61. The molecule has 1 aromatic rings. The zero-order chi connectivity index (χ0) is 15.5. The van der Waals surface area contributed by atoms with Crippen LogP contribution in [0.2, 0.25) is 0 Å². The lowest BCUT2D eigenvalue weighted by atomic mass is 9.72. The summed E-state index contributed by atoms with van der Waals surface area (Å²) in [6, 6.07) is 1.60. The maximum Gasteiger partial charge on any atom is 0.392 e. The Balaban J connectivity index is 2.34. The number of hydrogen-bond donors (Lipinski definition) is 1. The van der Waals surface area contributed by atoms with Gasteiger partial charge in [0, 0.05) is 18.4 Å². The van der Waals surface area contributed by atoms with Crippen LogP contribution >= 0.6 is 0 Å². The second-order valence-electron chi connectivity index (χ2n) is 5.86. The van der Waals surface area contributed by atoms with Gasteiger partial charge in [-0.05, 0) is 49.4 Å². The summed E-state index contributed by atoms with van der Waals surface area (Å²) in [4.78, 5) is 4.11. The normalized spacial score (nSPS) is 24.8. The number of rotatable bonds is 4. The molecule has 1 aliphatic rings. The quantitative estimate of drug-likeness (QED) is 0.891. The summed E-state index contributed by atoms with van der Waals surface area (Å²) < 4.78 is 40.1. The van der Waals surface area contributed by atoms with Gasteiger partial charge >= 0.3 is 6.18 Å². The van der Waals surface area contributed by atoms with Gasteiger partial charge < -0.3 is 5.32 Å². The second-order valence-corrected chi connectivity index (χ2v) is 5.86. The fraction of sp³-hybridized carbons (Fsp3) is 0.688. The third kappa shape index (κ3) is 3.76. The lowest BCUT2D eigenvalue weighted by molar-refractivity contribution is -0.199. The first kappa shape index (κ1) is 16.3. The number of hydrogen-bond acceptors (Lipinski definition) is 2. The minimum absolute atomic E-state index is 0.245. The Bertz CT molecular complexity index is 459. The van der Waals surface area contributed by atoms with Crippen LogP contribution in [0, 0.1) is 18.8 Å². The number of pyridine rings is 1. The van der Waals surface area contributed by atoms with Crippen molar-refractivity contribution in [2.75, 3.05) is 6.54 Å². The van der Waals surface area contributed by atoms with Gasteiger partial charge in [-0.1, -0.05) is 19.8 Å². The average Bonchev–Trinajstić information content (AvgIpc) is 2.45. The smallest absolute Gasteiger partial charge is 0.310 e. The van der Waals surface area contributed by atoms with Gasteiger partial charge in [0.05, 0.1) is 5.92 Å². The zero-order valence-corrected chi connectivity index (χ0v) is 12.6. The molecule has 0 aliphatic heterocycles. The van der Waals surface area contributed by atoms with Crippen LogP contribution in [-0.2, 0) is 0 Å². The van der Waals surface area contributed by atoms with Crippen LogP contribution in [0.4, 0.5) is 13.2 Å². The topological polar surface area (TPSA) is 24.9 Å². The first-order chi connectivity index (χ1) is 9.95. The van der Waals surface area contributed by atoms with E-state index in [1.165, 1.54) is 0 Å².